The van der Waals surface area contributed by atoms with E-state index in [-0.39, 0.29) is 22.9 Å². The molecule has 0 atom stereocenters. The molecule has 2 heterocycles. The number of para-hydroxylation sites is 1. The molecule has 3 rings (SSSR count). The maximum absolute atomic E-state index is 12.3. The highest BCUT2D eigenvalue weighted by Crippen LogP contribution is 2.21. The maximum atomic E-state index is 12.3. The van der Waals surface area contributed by atoms with E-state index >= 15 is 0 Å². The highest BCUT2D eigenvalue weighted by atomic mass is 32.2. The molecule has 0 unspecified atom stereocenters. The number of nitrogens with zero attached hydrogens (tertiary/aromatic N) is 1. The summed E-state index contributed by atoms with van der Waals surface area (Å²) in [6.07, 6.45) is 1.70. The van der Waals surface area contributed by atoms with Crippen molar-refractivity contribution >= 4 is 34.3 Å². The van der Waals surface area contributed by atoms with Crippen LogP contribution in [0.1, 0.15) is 10.4 Å². The third-order valence-corrected chi connectivity index (χ3v) is 3.84. The summed E-state index contributed by atoms with van der Waals surface area (Å²) in [7, 11) is 0. The number of H-pyrrole nitrogens is 2. The van der Waals surface area contributed by atoms with Crippen LogP contribution in [0.15, 0.2) is 46.5 Å². The van der Waals surface area contributed by atoms with Gasteiger partial charge in [0.1, 0.15) is 5.82 Å². The molecule has 0 saturated heterocycles. The molecule has 0 aliphatic rings. The Morgan fingerprint density at radius 2 is 2.14 bits per heavy atom. The van der Waals surface area contributed by atoms with Crippen molar-refractivity contribution in [1.82, 2.24) is 15.0 Å². The molecule has 0 saturated carbocycles. The number of benzene rings is 1. The van der Waals surface area contributed by atoms with Gasteiger partial charge in [-0.15, -0.1) is 0 Å². The van der Waals surface area contributed by atoms with Gasteiger partial charge < -0.3 is 15.7 Å². The number of nitrogen functional groups attached to an aromatic ring is 1. The molecular formula is C14H12N4O2S. The van der Waals surface area contributed by atoms with Crippen LogP contribution in [0.5, 0.6) is 0 Å². The fourth-order valence-electron chi connectivity index (χ4n) is 2.04. The van der Waals surface area contributed by atoms with Crippen molar-refractivity contribution in [3.05, 3.63) is 52.4 Å². The molecule has 21 heavy (non-hydrogen) atoms. The number of nitrogens with one attached hydrogen (secondary N) is 2. The Labute approximate surface area is 123 Å². The third kappa shape index (κ3) is 2.82. The molecule has 3 aromatic rings. The number of aromatic amines is 2. The van der Waals surface area contributed by atoms with E-state index in [1.807, 2.05) is 24.3 Å². The monoisotopic (exact) mass is 300 g/mol. The van der Waals surface area contributed by atoms with Crippen molar-refractivity contribution in [2.45, 2.75) is 5.16 Å². The Bertz CT molecular complexity index is 869. The first-order valence-electron chi connectivity index (χ1n) is 6.22. The van der Waals surface area contributed by atoms with Gasteiger partial charge in [0.05, 0.1) is 5.75 Å². The summed E-state index contributed by atoms with van der Waals surface area (Å²) in [5, 5.41) is 1.23. The van der Waals surface area contributed by atoms with Gasteiger partial charge in [-0.25, -0.2) is 4.98 Å². The lowest BCUT2D eigenvalue weighted by Gasteiger charge is -2.01. The van der Waals surface area contributed by atoms with Gasteiger partial charge in [0.25, 0.3) is 5.56 Å². The van der Waals surface area contributed by atoms with Gasteiger partial charge >= 0.3 is 0 Å². The predicted octanol–water partition coefficient (Wildman–Crippen LogP) is 1.81. The summed E-state index contributed by atoms with van der Waals surface area (Å²) in [5.74, 6) is 0.275. The zero-order valence-electron chi connectivity index (χ0n) is 10.9. The number of rotatable bonds is 4. The van der Waals surface area contributed by atoms with E-state index in [0.717, 1.165) is 22.7 Å². The molecule has 0 aliphatic heterocycles. The number of anilines is 1. The van der Waals surface area contributed by atoms with Crippen molar-refractivity contribution in [1.29, 1.82) is 0 Å². The average molecular weight is 300 g/mol. The molecule has 4 N–H and O–H groups in total. The summed E-state index contributed by atoms with van der Waals surface area (Å²) < 4.78 is 0. The van der Waals surface area contributed by atoms with E-state index in [1.54, 1.807) is 6.20 Å². The zero-order valence-corrected chi connectivity index (χ0v) is 11.7. The number of nitrogens with two attached hydrogens (primary N) is 1. The number of aromatic nitrogens is 3. The lowest BCUT2D eigenvalue weighted by Crippen LogP contribution is -2.10. The SMILES string of the molecule is Nc1cc(=O)[nH]c(SCC(=O)c2c[nH]c3ccccc23)n1. The van der Waals surface area contributed by atoms with Crippen molar-refractivity contribution in [2.75, 3.05) is 11.5 Å². The number of carbonyl (C=O) groups excluding carboxylic acids is 1. The lowest BCUT2D eigenvalue weighted by atomic mass is 10.1. The van der Waals surface area contributed by atoms with E-state index in [4.69, 9.17) is 5.73 Å². The number of Topliss-reactive ketones (excluding diaryl/α,β-unsaturated/α-hetero) is 1. The van der Waals surface area contributed by atoms with E-state index in [2.05, 4.69) is 15.0 Å². The molecule has 0 radical (unpaired) electrons. The summed E-state index contributed by atoms with van der Waals surface area (Å²) in [6.45, 7) is 0. The van der Waals surface area contributed by atoms with E-state index in [9.17, 15) is 9.59 Å². The highest BCUT2D eigenvalue weighted by Gasteiger charge is 2.12. The largest absolute Gasteiger partial charge is 0.383 e. The second-order valence-electron chi connectivity index (χ2n) is 4.44. The summed E-state index contributed by atoms with van der Waals surface area (Å²) in [4.78, 5) is 33.1. The van der Waals surface area contributed by atoms with Gasteiger partial charge in [-0.05, 0) is 6.07 Å². The minimum atomic E-state index is -0.329. The Kier molecular flexibility index (Phi) is 3.49. The fraction of sp³-hybridized carbons (Fsp3) is 0.0714. The summed E-state index contributed by atoms with van der Waals surface area (Å²) in [6, 6.07) is 8.80. The van der Waals surface area contributed by atoms with Crippen molar-refractivity contribution in [3.8, 4) is 0 Å². The molecule has 106 valence electrons. The minimum Gasteiger partial charge on any atom is -0.383 e. The van der Waals surface area contributed by atoms with E-state index in [1.165, 1.54) is 6.07 Å². The number of fused-ring (bicyclic) bond motifs is 1. The Balaban J connectivity index is 1.79. The molecular weight excluding hydrogens is 288 g/mol. The summed E-state index contributed by atoms with van der Waals surface area (Å²) >= 11 is 1.15. The average Bonchev–Trinajstić information content (AvgIpc) is 2.88. The smallest absolute Gasteiger partial charge is 0.253 e. The van der Waals surface area contributed by atoms with Crippen molar-refractivity contribution in [2.24, 2.45) is 0 Å². The third-order valence-electron chi connectivity index (χ3n) is 2.97. The van der Waals surface area contributed by atoms with Gasteiger partial charge in [0, 0.05) is 28.7 Å². The second-order valence-corrected chi connectivity index (χ2v) is 5.40. The molecule has 0 bridgehead atoms. The molecule has 0 aliphatic carbocycles. The lowest BCUT2D eigenvalue weighted by molar-refractivity contribution is 0.102. The Morgan fingerprint density at radius 1 is 1.33 bits per heavy atom. The van der Waals surface area contributed by atoms with Crippen LogP contribution in [-0.4, -0.2) is 26.5 Å². The number of hydrogen-bond acceptors (Lipinski definition) is 5. The zero-order chi connectivity index (χ0) is 14.8. The Hall–Kier alpha value is -2.54. The van der Waals surface area contributed by atoms with Crippen LogP contribution in [0.25, 0.3) is 10.9 Å². The molecule has 1 aromatic carbocycles. The number of carbonyl (C=O) groups is 1. The van der Waals surface area contributed by atoms with Gasteiger partial charge in [0.2, 0.25) is 0 Å². The molecule has 6 nitrogen and oxygen atoms in total. The van der Waals surface area contributed by atoms with Crippen LogP contribution < -0.4 is 11.3 Å². The molecule has 0 amide bonds. The topological polar surface area (TPSA) is 105 Å². The van der Waals surface area contributed by atoms with Crippen LogP contribution in [0.3, 0.4) is 0 Å². The molecule has 7 heteroatoms. The number of ketones is 1. The highest BCUT2D eigenvalue weighted by molar-refractivity contribution is 7.99. The van der Waals surface area contributed by atoms with Crippen LogP contribution in [0.2, 0.25) is 0 Å². The van der Waals surface area contributed by atoms with Crippen LogP contribution in [0, 0.1) is 0 Å². The van der Waals surface area contributed by atoms with Crippen LogP contribution >= 0.6 is 11.8 Å². The van der Waals surface area contributed by atoms with Crippen molar-refractivity contribution in [3.63, 3.8) is 0 Å². The van der Waals surface area contributed by atoms with Crippen LogP contribution in [0.4, 0.5) is 5.82 Å². The van der Waals surface area contributed by atoms with Gasteiger partial charge in [-0.3, -0.25) is 9.59 Å². The standard InChI is InChI=1S/C14H12N4O2S/c15-12-5-13(20)18-14(17-12)21-7-11(19)9-6-16-10-4-2-1-3-8(9)10/h1-6,16H,7H2,(H3,15,17,18,20). The number of hydrogen-bond donors (Lipinski definition) is 3. The molecule has 0 spiro atoms. The van der Waals surface area contributed by atoms with Gasteiger partial charge in [-0.1, -0.05) is 30.0 Å². The normalized spacial score (nSPS) is 10.9. The summed E-state index contributed by atoms with van der Waals surface area (Å²) in [5.41, 5.74) is 6.72. The van der Waals surface area contributed by atoms with Gasteiger partial charge in [-0.2, -0.15) is 0 Å². The fourth-order valence-corrected chi connectivity index (χ4v) is 2.80. The van der Waals surface area contributed by atoms with E-state index < -0.39 is 0 Å². The maximum Gasteiger partial charge on any atom is 0.253 e. The van der Waals surface area contributed by atoms with Crippen LogP contribution in [-0.2, 0) is 0 Å². The molecule has 2 aromatic heterocycles. The first-order valence-corrected chi connectivity index (χ1v) is 7.21. The predicted molar refractivity (Wildman–Crippen MR) is 82.6 cm³/mol. The second kappa shape index (κ2) is 5.45. The quantitative estimate of drug-likeness (QED) is 0.387. The Morgan fingerprint density at radius 3 is 2.95 bits per heavy atom. The van der Waals surface area contributed by atoms with Gasteiger partial charge in [0.15, 0.2) is 10.9 Å². The first kappa shape index (κ1) is 13.4. The van der Waals surface area contributed by atoms with E-state index in [0.29, 0.717) is 10.7 Å². The molecule has 0 fully saturated rings. The minimum absolute atomic E-state index is 0.0393. The first-order chi connectivity index (χ1) is 10.1. The van der Waals surface area contributed by atoms with Crippen molar-refractivity contribution < 1.29 is 4.79 Å². The number of thioether (sulfide) groups is 1.